The van der Waals surface area contributed by atoms with Gasteiger partial charge < -0.3 is 9.90 Å². The summed E-state index contributed by atoms with van der Waals surface area (Å²) in [6, 6.07) is 7.72. The van der Waals surface area contributed by atoms with Gasteiger partial charge in [-0.3, -0.25) is 4.79 Å². The lowest BCUT2D eigenvalue weighted by atomic mass is 9.94. The van der Waals surface area contributed by atoms with E-state index in [0.717, 1.165) is 6.42 Å². The van der Waals surface area contributed by atoms with Gasteiger partial charge in [-0.15, -0.1) is 0 Å². The van der Waals surface area contributed by atoms with Gasteiger partial charge in [0.05, 0.1) is 5.92 Å². The minimum Gasteiger partial charge on any atom is -0.481 e. The van der Waals surface area contributed by atoms with Gasteiger partial charge in [-0.1, -0.05) is 89.0 Å². The quantitative estimate of drug-likeness (QED) is 0.317. The topological polar surface area (TPSA) is 54.4 Å². The van der Waals surface area contributed by atoms with Crippen LogP contribution in [0.3, 0.4) is 0 Å². The number of aryl methyl sites for hydroxylation is 1. The summed E-state index contributed by atoms with van der Waals surface area (Å²) in [5.41, 5.74) is 1.96. The van der Waals surface area contributed by atoms with Crippen molar-refractivity contribution >= 4 is 12.3 Å². The van der Waals surface area contributed by atoms with Gasteiger partial charge in [0.2, 0.25) is 0 Å². The molecule has 1 aromatic carbocycles. The largest absolute Gasteiger partial charge is 0.481 e. The third-order valence-electron chi connectivity index (χ3n) is 4.83. The van der Waals surface area contributed by atoms with Crippen molar-refractivity contribution in [3.05, 3.63) is 35.4 Å². The van der Waals surface area contributed by atoms with Crippen LogP contribution in [0.1, 0.15) is 94.6 Å². The molecular weight excluding hydrogens is 312 g/mol. The fourth-order valence-electron chi connectivity index (χ4n) is 3.21. The molecule has 1 unspecified atom stereocenters. The molecule has 0 heterocycles. The number of carbonyl (C=O) groups is 2. The van der Waals surface area contributed by atoms with Crippen LogP contribution >= 0.6 is 0 Å². The molecule has 0 aromatic heterocycles. The molecule has 0 aliphatic heterocycles. The fraction of sp³-hybridized carbons (Fsp3) is 0.636. The Morgan fingerprint density at radius 2 is 1.44 bits per heavy atom. The molecule has 0 spiro atoms. The monoisotopic (exact) mass is 346 g/mol. The smallest absolute Gasteiger partial charge is 0.311 e. The molecule has 25 heavy (non-hydrogen) atoms. The number of carbonyl (C=O) groups excluding carboxylic acids is 1. The number of unbranched alkanes of at least 4 members (excludes halogenated alkanes) is 9. The number of rotatable bonds is 15. The van der Waals surface area contributed by atoms with Crippen LogP contribution in [0, 0.1) is 0 Å². The molecule has 3 heteroatoms. The second-order valence-electron chi connectivity index (χ2n) is 6.97. The summed E-state index contributed by atoms with van der Waals surface area (Å²) in [5, 5.41) is 9.17. The first-order chi connectivity index (χ1) is 12.2. The highest BCUT2D eigenvalue weighted by molar-refractivity contribution is 5.79. The van der Waals surface area contributed by atoms with Gasteiger partial charge in [0.1, 0.15) is 6.29 Å². The molecule has 0 aliphatic carbocycles. The zero-order valence-electron chi connectivity index (χ0n) is 15.7. The van der Waals surface area contributed by atoms with E-state index in [2.05, 4.69) is 6.92 Å². The molecule has 140 valence electrons. The highest BCUT2D eigenvalue weighted by Gasteiger charge is 2.18. The summed E-state index contributed by atoms with van der Waals surface area (Å²) in [7, 11) is 0. The Morgan fingerprint density at radius 1 is 0.920 bits per heavy atom. The number of benzene rings is 1. The first kappa shape index (κ1) is 21.4. The number of hydrogen-bond acceptors (Lipinski definition) is 2. The number of aliphatic carboxylic acids is 1. The van der Waals surface area contributed by atoms with Gasteiger partial charge >= 0.3 is 5.97 Å². The van der Waals surface area contributed by atoms with Crippen molar-refractivity contribution in [2.75, 3.05) is 0 Å². The average molecular weight is 347 g/mol. The zero-order chi connectivity index (χ0) is 18.3. The van der Waals surface area contributed by atoms with Crippen LogP contribution in [0.5, 0.6) is 0 Å². The van der Waals surface area contributed by atoms with E-state index in [1.165, 1.54) is 69.8 Å². The number of carboxylic acid groups (broad SMARTS) is 1. The van der Waals surface area contributed by atoms with Crippen molar-refractivity contribution in [1.29, 1.82) is 0 Å². The first-order valence-corrected chi connectivity index (χ1v) is 9.94. The number of hydrogen-bond donors (Lipinski definition) is 1. The molecule has 0 saturated carbocycles. The second kappa shape index (κ2) is 13.6. The summed E-state index contributed by atoms with van der Waals surface area (Å²) >= 11 is 0. The van der Waals surface area contributed by atoms with Gasteiger partial charge in [0.25, 0.3) is 0 Å². The molecule has 0 aliphatic rings. The molecule has 0 fully saturated rings. The molecule has 1 aromatic rings. The van der Waals surface area contributed by atoms with E-state index >= 15 is 0 Å². The standard InChI is InChI=1S/C22H34O3/c1-2-3-4-5-6-7-8-9-10-11-12-19-13-15-20(16-14-19)21(17-18-23)22(24)25/h13-16,18,21H,2-12,17H2,1H3,(H,24,25). The molecule has 1 atom stereocenters. The second-order valence-corrected chi connectivity index (χ2v) is 6.97. The lowest BCUT2D eigenvalue weighted by Crippen LogP contribution is -2.12. The normalized spacial score (nSPS) is 12.0. The van der Waals surface area contributed by atoms with Gasteiger partial charge in [-0.05, 0) is 24.0 Å². The van der Waals surface area contributed by atoms with Crippen molar-refractivity contribution in [3.63, 3.8) is 0 Å². The molecule has 0 amide bonds. The Labute approximate surface area is 152 Å². The highest BCUT2D eigenvalue weighted by atomic mass is 16.4. The lowest BCUT2D eigenvalue weighted by Gasteiger charge is -2.10. The van der Waals surface area contributed by atoms with Crippen LogP contribution in [-0.4, -0.2) is 17.4 Å². The molecule has 1 rings (SSSR count). The minimum atomic E-state index is -0.936. The van der Waals surface area contributed by atoms with Gasteiger partial charge in [0, 0.05) is 6.42 Å². The maximum Gasteiger partial charge on any atom is 0.311 e. The predicted octanol–water partition coefficient (Wildman–Crippen LogP) is 5.91. The van der Waals surface area contributed by atoms with Crippen LogP contribution in [0.15, 0.2) is 24.3 Å². The maximum atomic E-state index is 11.2. The Kier molecular flexibility index (Phi) is 11.7. The minimum absolute atomic E-state index is 0.0348. The van der Waals surface area contributed by atoms with E-state index in [1.807, 2.05) is 24.3 Å². The summed E-state index contributed by atoms with van der Waals surface area (Å²) < 4.78 is 0. The van der Waals surface area contributed by atoms with E-state index < -0.39 is 11.9 Å². The Morgan fingerprint density at radius 3 is 1.92 bits per heavy atom. The third-order valence-corrected chi connectivity index (χ3v) is 4.83. The predicted molar refractivity (Wildman–Crippen MR) is 103 cm³/mol. The Hall–Kier alpha value is -1.64. The molecule has 0 saturated heterocycles. The summed E-state index contributed by atoms with van der Waals surface area (Å²) in [6.07, 6.45) is 15.1. The molecule has 0 radical (unpaired) electrons. The maximum absolute atomic E-state index is 11.2. The van der Waals surface area contributed by atoms with Crippen molar-refractivity contribution in [2.24, 2.45) is 0 Å². The molecule has 1 N–H and O–H groups in total. The summed E-state index contributed by atoms with van der Waals surface area (Å²) in [6.45, 7) is 2.25. The lowest BCUT2D eigenvalue weighted by molar-refractivity contribution is -0.139. The van der Waals surface area contributed by atoms with E-state index in [4.69, 9.17) is 0 Å². The number of carboxylic acids is 1. The van der Waals surface area contributed by atoms with Crippen molar-refractivity contribution in [2.45, 2.75) is 89.9 Å². The van der Waals surface area contributed by atoms with Crippen molar-refractivity contribution in [1.82, 2.24) is 0 Å². The SMILES string of the molecule is CCCCCCCCCCCCc1ccc(C(CC=O)C(=O)O)cc1. The van der Waals surface area contributed by atoms with Crippen LogP contribution in [0.2, 0.25) is 0 Å². The summed E-state index contributed by atoms with van der Waals surface area (Å²) in [4.78, 5) is 21.8. The Balaban J connectivity index is 2.17. The third kappa shape index (κ3) is 9.42. The van der Waals surface area contributed by atoms with Gasteiger partial charge in [-0.25, -0.2) is 0 Å². The van der Waals surface area contributed by atoms with Crippen LogP contribution in [0.4, 0.5) is 0 Å². The molecule has 3 nitrogen and oxygen atoms in total. The van der Waals surface area contributed by atoms with E-state index in [-0.39, 0.29) is 6.42 Å². The van der Waals surface area contributed by atoms with E-state index in [0.29, 0.717) is 11.8 Å². The number of aldehydes is 1. The average Bonchev–Trinajstić information content (AvgIpc) is 2.61. The summed E-state index contributed by atoms with van der Waals surface area (Å²) in [5.74, 6) is -1.65. The van der Waals surface area contributed by atoms with Crippen LogP contribution in [-0.2, 0) is 16.0 Å². The Bertz CT molecular complexity index is 479. The first-order valence-electron chi connectivity index (χ1n) is 9.94. The van der Waals surface area contributed by atoms with Gasteiger partial charge in [0.15, 0.2) is 0 Å². The van der Waals surface area contributed by atoms with Crippen LogP contribution < -0.4 is 0 Å². The van der Waals surface area contributed by atoms with E-state index in [9.17, 15) is 14.7 Å². The van der Waals surface area contributed by atoms with Crippen molar-refractivity contribution in [3.8, 4) is 0 Å². The van der Waals surface area contributed by atoms with Gasteiger partial charge in [-0.2, -0.15) is 0 Å². The van der Waals surface area contributed by atoms with Crippen molar-refractivity contribution < 1.29 is 14.7 Å². The molecular formula is C22H34O3. The highest BCUT2D eigenvalue weighted by Crippen LogP contribution is 2.20. The van der Waals surface area contributed by atoms with Crippen LogP contribution in [0.25, 0.3) is 0 Å². The molecule has 0 bridgehead atoms. The zero-order valence-corrected chi connectivity index (χ0v) is 15.7. The fourth-order valence-corrected chi connectivity index (χ4v) is 3.21. The van der Waals surface area contributed by atoms with E-state index in [1.54, 1.807) is 0 Å².